The lowest BCUT2D eigenvalue weighted by molar-refractivity contribution is 0.0925. The lowest BCUT2D eigenvalue weighted by Crippen LogP contribution is -2.32. The summed E-state index contributed by atoms with van der Waals surface area (Å²) in [5, 5.41) is 5.59. The minimum absolute atomic E-state index is 0.00190. The Bertz CT molecular complexity index is 939. The maximum absolute atomic E-state index is 12.8. The Morgan fingerprint density at radius 1 is 1.07 bits per heavy atom. The van der Waals surface area contributed by atoms with Crippen LogP contribution >= 0.6 is 11.3 Å². The summed E-state index contributed by atoms with van der Waals surface area (Å²) in [6.07, 6.45) is 1.80. The Labute approximate surface area is 174 Å². The maximum Gasteiger partial charge on any atom is 0.414 e. The van der Waals surface area contributed by atoms with Crippen molar-refractivity contribution in [2.45, 2.75) is 52.4 Å². The van der Waals surface area contributed by atoms with Gasteiger partial charge in [0.1, 0.15) is 5.00 Å². The molecule has 1 aliphatic carbocycles. The van der Waals surface area contributed by atoms with E-state index in [9.17, 15) is 14.4 Å². The highest BCUT2D eigenvalue weighted by Crippen LogP contribution is 2.39. The van der Waals surface area contributed by atoms with Crippen molar-refractivity contribution in [1.29, 1.82) is 0 Å². The van der Waals surface area contributed by atoms with Crippen LogP contribution in [0.2, 0.25) is 0 Å². The van der Waals surface area contributed by atoms with Gasteiger partial charge in [-0.1, -0.05) is 32.9 Å². The highest BCUT2D eigenvalue weighted by atomic mass is 32.1. The molecule has 1 aromatic carbocycles. The van der Waals surface area contributed by atoms with E-state index in [1.807, 2.05) is 12.1 Å². The van der Waals surface area contributed by atoms with E-state index in [0.717, 1.165) is 35.3 Å². The highest BCUT2D eigenvalue weighted by Gasteiger charge is 2.28. The van der Waals surface area contributed by atoms with E-state index in [2.05, 4.69) is 31.4 Å². The van der Waals surface area contributed by atoms with Gasteiger partial charge in [0.15, 0.2) is 0 Å². The Morgan fingerprint density at radius 2 is 1.76 bits per heavy atom. The lowest BCUT2D eigenvalue weighted by atomic mass is 9.87. The van der Waals surface area contributed by atoms with Crippen molar-refractivity contribution in [3.05, 3.63) is 51.4 Å². The topological polar surface area (TPSA) is 84.5 Å². The van der Waals surface area contributed by atoms with Crippen LogP contribution in [-0.4, -0.2) is 24.5 Å². The largest absolute Gasteiger partial charge is 0.450 e. The van der Waals surface area contributed by atoms with Crippen molar-refractivity contribution < 1.29 is 19.1 Å². The summed E-state index contributed by atoms with van der Waals surface area (Å²) in [4.78, 5) is 38.2. The molecule has 0 bridgehead atoms. The van der Waals surface area contributed by atoms with Crippen molar-refractivity contribution in [1.82, 2.24) is 5.32 Å². The van der Waals surface area contributed by atoms with Crippen LogP contribution < -0.4 is 10.6 Å². The molecule has 2 aromatic rings. The third kappa shape index (κ3) is 4.67. The van der Waals surface area contributed by atoms with Gasteiger partial charge < -0.3 is 10.1 Å². The average Bonchev–Trinajstić information content (AvgIpc) is 3.21. The molecule has 0 saturated heterocycles. The normalized spacial score (nSPS) is 13.0. The van der Waals surface area contributed by atoms with Gasteiger partial charge in [0, 0.05) is 10.4 Å². The van der Waals surface area contributed by atoms with Crippen molar-refractivity contribution in [3.63, 3.8) is 0 Å². The molecule has 1 aliphatic rings. The first-order chi connectivity index (χ1) is 13.7. The summed E-state index contributed by atoms with van der Waals surface area (Å²) < 4.78 is 4.80. The molecule has 0 aliphatic heterocycles. The molecule has 0 saturated carbocycles. The number of nitrogens with one attached hydrogen (secondary N) is 2. The van der Waals surface area contributed by atoms with E-state index in [4.69, 9.17) is 4.74 Å². The zero-order valence-electron chi connectivity index (χ0n) is 17.2. The van der Waals surface area contributed by atoms with Crippen LogP contribution in [-0.2, 0) is 23.0 Å². The Morgan fingerprint density at radius 3 is 2.38 bits per heavy atom. The molecule has 29 heavy (non-hydrogen) atoms. The fraction of sp³-hybridized carbons (Fsp3) is 0.409. The lowest BCUT2D eigenvalue weighted by Gasteiger charge is -2.19. The predicted molar refractivity (Wildman–Crippen MR) is 114 cm³/mol. The molecule has 7 heteroatoms. The van der Waals surface area contributed by atoms with Gasteiger partial charge in [-0.05, 0) is 54.9 Å². The van der Waals surface area contributed by atoms with Gasteiger partial charge in [-0.2, -0.15) is 0 Å². The quantitative estimate of drug-likeness (QED) is 0.761. The first kappa shape index (κ1) is 21.0. The zero-order valence-corrected chi connectivity index (χ0v) is 18.0. The second-order valence-electron chi connectivity index (χ2n) is 8.02. The van der Waals surface area contributed by atoms with E-state index in [1.165, 1.54) is 11.3 Å². The second-order valence-corrected chi connectivity index (χ2v) is 9.12. The van der Waals surface area contributed by atoms with Gasteiger partial charge in [-0.3, -0.25) is 14.9 Å². The van der Waals surface area contributed by atoms with Crippen molar-refractivity contribution >= 4 is 34.2 Å². The molecule has 6 nitrogen and oxygen atoms in total. The number of carbonyl (C=O) groups is 3. The number of alkyl carbamates (subject to hydrolysis) is 1. The Hall–Kier alpha value is -2.67. The van der Waals surface area contributed by atoms with Gasteiger partial charge in [-0.25, -0.2) is 4.79 Å². The van der Waals surface area contributed by atoms with Crippen molar-refractivity contribution in [2.24, 2.45) is 0 Å². The molecular formula is C22H26N2O4S. The van der Waals surface area contributed by atoms with E-state index >= 15 is 0 Å². The summed E-state index contributed by atoms with van der Waals surface area (Å²) in [6, 6.07) is 7.46. The number of anilines is 1. The second kappa shape index (κ2) is 8.37. The van der Waals surface area contributed by atoms with Gasteiger partial charge in [-0.15, -0.1) is 11.3 Å². The number of hydrogen-bond donors (Lipinski definition) is 2. The molecule has 1 heterocycles. The molecule has 2 N–H and O–H groups in total. The zero-order chi connectivity index (χ0) is 21.2. The number of amides is 3. The first-order valence-electron chi connectivity index (χ1n) is 9.75. The van der Waals surface area contributed by atoms with Crippen LogP contribution in [0.1, 0.15) is 70.8 Å². The predicted octanol–water partition coefficient (Wildman–Crippen LogP) is 4.67. The molecule has 0 fully saturated rings. The SMILES string of the molecule is CCOC(=O)NC(=O)c1c(NC(=O)c2ccc(C(C)(C)C)cc2)sc2c1CCC2. The van der Waals surface area contributed by atoms with Crippen molar-refractivity contribution in [2.75, 3.05) is 11.9 Å². The smallest absolute Gasteiger partial charge is 0.414 e. The summed E-state index contributed by atoms with van der Waals surface area (Å²) in [5.41, 5.74) is 2.94. The number of carbonyl (C=O) groups excluding carboxylic acids is 3. The maximum atomic E-state index is 12.8. The van der Waals surface area contributed by atoms with E-state index in [-0.39, 0.29) is 17.9 Å². The number of aryl methyl sites for hydroxylation is 1. The van der Waals surface area contributed by atoms with Gasteiger partial charge in [0.05, 0.1) is 12.2 Å². The fourth-order valence-electron chi connectivity index (χ4n) is 3.35. The number of benzene rings is 1. The molecule has 0 atom stereocenters. The van der Waals surface area contributed by atoms with Crippen LogP contribution in [0.15, 0.2) is 24.3 Å². The molecule has 3 rings (SSSR count). The summed E-state index contributed by atoms with van der Waals surface area (Å²) in [7, 11) is 0. The third-order valence-corrected chi connectivity index (χ3v) is 6.09. The van der Waals surface area contributed by atoms with E-state index < -0.39 is 12.0 Å². The average molecular weight is 415 g/mol. The Balaban J connectivity index is 1.83. The molecule has 0 unspecified atom stereocenters. The number of rotatable bonds is 4. The molecule has 1 aromatic heterocycles. The Kier molecular flexibility index (Phi) is 6.07. The number of imide groups is 1. The summed E-state index contributed by atoms with van der Waals surface area (Å²) in [6.45, 7) is 8.19. The molecule has 154 valence electrons. The third-order valence-electron chi connectivity index (χ3n) is 4.88. The first-order valence-corrected chi connectivity index (χ1v) is 10.6. The summed E-state index contributed by atoms with van der Waals surface area (Å²) in [5.74, 6) is -0.822. The molecule has 0 spiro atoms. The van der Waals surface area contributed by atoms with Crippen LogP contribution in [0.3, 0.4) is 0 Å². The minimum Gasteiger partial charge on any atom is -0.450 e. The van der Waals surface area contributed by atoms with Gasteiger partial charge in [0.25, 0.3) is 11.8 Å². The molecule has 3 amide bonds. The number of thiophene rings is 1. The number of fused-ring (bicyclic) bond motifs is 1. The van der Waals surface area contributed by atoms with E-state index in [1.54, 1.807) is 19.1 Å². The molecular weight excluding hydrogens is 388 g/mol. The van der Waals surface area contributed by atoms with Crippen molar-refractivity contribution in [3.8, 4) is 0 Å². The van der Waals surface area contributed by atoms with Gasteiger partial charge in [0.2, 0.25) is 0 Å². The fourth-order valence-corrected chi connectivity index (χ4v) is 4.63. The van der Waals surface area contributed by atoms with Crippen LogP contribution in [0.5, 0.6) is 0 Å². The number of hydrogen-bond acceptors (Lipinski definition) is 5. The van der Waals surface area contributed by atoms with E-state index in [0.29, 0.717) is 16.1 Å². The minimum atomic E-state index is -0.787. The highest BCUT2D eigenvalue weighted by molar-refractivity contribution is 7.17. The van der Waals surface area contributed by atoms with Crippen LogP contribution in [0.4, 0.5) is 9.80 Å². The van der Waals surface area contributed by atoms with Crippen LogP contribution in [0.25, 0.3) is 0 Å². The monoisotopic (exact) mass is 414 g/mol. The van der Waals surface area contributed by atoms with Crippen LogP contribution in [0, 0.1) is 0 Å². The van der Waals surface area contributed by atoms with Gasteiger partial charge >= 0.3 is 6.09 Å². The number of ether oxygens (including phenoxy) is 1. The molecule has 0 radical (unpaired) electrons. The summed E-state index contributed by atoms with van der Waals surface area (Å²) >= 11 is 1.40. The standard InChI is InChI=1S/C22H26N2O4S/c1-5-28-21(27)24-19(26)17-15-7-6-8-16(15)29-20(17)23-18(25)13-9-11-14(12-10-13)22(2,3)4/h9-12H,5-8H2,1-4H3,(H,23,25)(H,24,26,27).